The number of nitrogens with zero attached hydrogens (tertiary/aromatic N) is 5. The molecule has 9 nitrogen and oxygen atoms in total. The lowest BCUT2D eigenvalue weighted by molar-refractivity contribution is 0.604. The second kappa shape index (κ2) is 7.43. The van der Waals surface area contributed by atoms with Crippen LogP contribution in [0.3, 0.4) is 0 Å². The zero-order valence-electron chi connectivity index (χ0n) is 14.7. The Morgan fingerprint density at radius 1 is 1.19 bits per heavy atom. The summed E-state index contributed by atoms with van der Waals surface area (Å²) in [5.41, 5.74) is 3.57. The Morgan fingerprint density at radius 2 is 1.93 bits per heavy atom. The predicted molar refractivity (Wildman–Crippen MR) is 102 cm³/mol. The van der Waals surface area contributed by atoms with Crippen LogP contribution in [0.15, 0.2) is 42.9 Å². The summed E-state index contributed by atoms with van der Waals surface area (Å²) in [6.45, 7) is 1.90. The fourth-order valence-electron chi connectivity index (χ4n) is 2.41. The first-order valence-electron chi connectivity index (χ1n) is 7.93. The number of hydrogen-bond acceptors (Lipinski definition) is 7. The summed E-state index contributed by atoms with van der Waals surface area (Å²) in [6, 6.07) is 8.39. The van der Waals surface area contributed by atoms with E-state index in [-0.39, 0.29) is 0 Å². The smallest absolute Gasteiger partial charge is 0.246 e. The van der Waals surface area contributed by atoms with Crippen molar-refractivity contribution in [1.29, 1.82) is 5.26 Å². The SMILES string of the molecule is Cc1cnc(Nc2cnn(C)c2)nc1-c1ccc(NS(=O)(=O)CC#N)cc1. The fraction of sp³-hybridized carbons (Fsp3) is 0.176. The van der Waals surface area contributed by atoms with Crippen molar-refractivity contribution >= 4 is 27.3 Å². The molecule has 0 saturated heterocycles. The van der Waals surface area contributed by atoms with Gasteiger partial charge >= 0.3 is 0 Å². The molecule has 2 N–H and O–H groups in total. The van der Waals surface area contributed by atoms with Crippen molar-refractivity contribution in [3.8, 4) is 17.3 Å². The minimum absolute atomic E-state index is 0.384. The Bertz CT molecular complexity index is 1100. The second-order valence-corrected chi connectivity index (χ2v) is 7.57. The molecule has 2 heterocycles. The number of sulfonamides is 1. The summed E-state index contributed by atoms with van der Waals surface area (Å²) < 4.78 is 27.3. The number of aryl methyl sites for hydroxylation is 2. The summed E-state index contributed by atoms with van der Waals surface area (Å²) >= 11 is 0. The molecule has 10 heteroatoms. The standard InChI is InChI=1S/C17H17N7O2S/c1-12-9-19-17(21-15-10-20-24(2)11-15)22-16(12)13-3-5-14(6-4-13)23-27(25,26)8-7-18/h3-6,9-11,23H,8H2,1-2H3,(H,19,21,22). The number of hydrogen-bond donors (Lipinski definition) is 2. The number of benzene rings is 1. The Balaban J connectivity index is 1.83. The van der Waals surface area contributed by atoms with Crippen molar-refractivity contribution in [2.24, 2.45) is 7.05 Å². The van der Waals surface area contributed by atoms with Gasteiger partial charge in [0.2, 0.25) is 16.0 Å². The quantitative estimate of drug-likeness (QED) is 0.668. The molecular weight excluding hydrogens is 366 g/mol. The number of nitriles is 1. The van der Waals surface area contributed by atoms with E-state index in [1.54, 1.807) is 47.4 Å². The average molecular weight is 383 g/mol. The van der Waals surface area contributed by atoms with Crippen LogP contribution in [0.4, 0.5) is 17.3 Å². The van der Waals surface area contributed by atoms with Crippen LogP contribution in [0.25, 0.3) is 11.3 Å². The van der Waals surface area contributed by atoms with E-state index in [0.717, 1.165) is 22.5 Å². The van der Waals surface area contributed by atoms with E-state index in [1.165, 1.54) is 0 Å². The molecule has 0 unspecified atom stereocenters. The van der Waals surface area contributed by atoms with E-state index in [4.69, 9.17) is 5.26 Å². The third kappa shape index (κ3) is 4.59. The van der Waals surface area contributed by atoms with Gasteiger partial charge in [-0.05, 0) is 24.6 Å². The molecule has 0 atom stereocenters. The van der Waals surface area contributed by atoms with Crippen LogP contribution in [0, 0.1) is 18.3 Å². The van der Waals surface area contributed by atoms with Crippen LogP contribution in [-0.4, -0.2) is 33.9 Å². The fourth-order valence-corrected chi connectivity index (χ4v) is 3.14. The summed E-state index contributed by atoms with van der Waals surface area (Å²) in [5, 5.41) is 15.7. The van der Waals surface area contributed by atoms with E-state index >= 15 is 0 Å². The first-order valence-corrected chi connectivity index (χ1v) is 9.59. The van der Waals surface area contributed by atoms with Gasteiger partial charge < -0.3 is 5.32 Å². The van der Waals surface area contributed by atoms with Gasteiger partial charge in [0.25, 0.3) is 0 Å². The lowest BCUT2D eigenvalue weighted by Gasteiger charge is -2.10. The maximum atomic E-state index is 11.7. The molecule has 3 rings (SSSR count). The lowest BCUT2D eigenvalue weighted by Crippen LogP contribution is -2.15. The molecule has 0 fully saturated rings. The predicted octanol–water partition coefficient (Wildman–Crippen LogP) is 2.19. The van der Waals surface area contributed by atoms with Crippen molar-refractivity contribution in [3.05, 3.63) is 48.4 Å². The third-order valence-electron chi connectivity index (χ3n) is 3.62. The van der Waals surface area contributed by atoms with Crippen LogP contribution in [0.2, 0.25) is 0 Å². The average Bonchev–Trinajstić information content (AvgIpc) is 3.02. The molecule has 0 saturated carbocycles. The molecule has 27 heavy (non-hydrogen) atoms. The Hall–Kier alpha value is -3.45. The molecule has 0 radical (unpaired) electrons. The highest BCUT2D eigenvalue weighted by atomic mass is 32.2. The Kier molecular flexibility index (Phi) is 5.05. The van der Waals surface area contributed by atoms with Gasteiger partial charge in [-0.15, -0.1) is 0 Å². The minimum Gasteiger partial charge on any atom is -0.321 e. The van der Waals surface area contributed by atoms with Gasteiger partial charge in [0.1, 0.15) is 0 Å². The van der Waals surface area contributed by atoms with Gasteiger partial charge in [0.15, 0.2) is 5.75 Å². The molecule has 2 aromatic heterocycles. The van der Waals surface area contributed by atoms with Crippen molar-refractivity contribution in [2.45, 2.75) is 6.92 Å². The largest absolute Gasteiger partial charge is 0.321 e. The van der Waals surface area contributed by atoms with Crippen molar-refractivity contribution in [2.75, 3.05) is 15.8 Å². The lowest BCUT2D eigenvalue weighted by atomic mass is 10.1. The highest BCUT2D eigenvalue weighted by Crippen LogP contribution is 2.24. The highest BCUT2D eigenvalue weighted by molar-refractivity contribution is 7.92. The summed E-state index contributed by atoms with van der Waals surface area (Å²) in [4.78, 5) is 8.81. The van der Waals surface area contributed by atoms with E-state index in [0.29, 0.717) is 11.6 Å². The maximum absolute atomic E-state index is 11.7. The molecule has 1 aromatic carbocycles. The molecule has 138 valence electrons. The number of rotatable bonds is 6. The van der Waals surface area contributed by atoms with E-state index in [9.17, 15) is 8.42 Å². The summed E-state index contributed by atoms with van der Waals surface area (Å²) in [7, 11) is -1.85. The molecule has 0 bridgehead atoms. The van der Waals surface area contributed by atoms with Gasteiger partial charge in [-0.2, -0.15) is 10.4 Å². The molecule has 0 aliphatic rings. The monoisotopic (exact) mass is 383 g/mol. The molecule has 0 amide bonds. The first-order chi connectivity index (χ1) is 12.9. The van der Waals surface area contributed by atoms with Crippen LogP contribution in [0.1, 0.15) is 5.56 Å². The third-order valence-corrected chi connectivity index (χ3v) is 4.67. The van der Waals surface area contributed by atoms with E-state index in [1.807, 2.05) is 20.2 Å². The number of aromatic nitrogens is 4. The van der Waals surface area contributed by atoms with Crippen molar-refractivity contribution in [1.82, 2.24) is 19.7 Å². The Morgan fingerprint density at radius 3 is 2.56 bits per heavy atom. The van der Waals surface area contributed by atoms with Gasteiger partial charge in [0, 0.05) is 30.7 Å². The maximum Gasteiger partial charge on any atom is 0.246 e. The van der Waals surface area contributed by atoms with Crippen LogP contribution in [-0.2, 0) is 17.1 Å². The van der Waals surface area contributed by atoms with Crippen LogP contribution >= 0.6 is 0 Å². The van der Waals surface area contributed by atoms with Crippen LogP contribution < -0.4 is 10.0 Å². The summed E-state index contributed by atoms with van der Waals surface area (Å²) in [6.07, 6.45) is 5.20. The second-order valence-electron chi connectivity index (χ2n) is 5.85. The molecule has 0 spiro atoms. The topological polar surface area (TPSA) is 126 Å². The van der Waals surface area contributed by atoms with Gasteiger partial charge in [-0.1, -0.05) is 12.1 Å². The molecular formula is C17H17N7O2S. The van der Waals surface area contributed by atoms with E-state index in [2.05, 4.69) is 25.1 Å². The van der Waals surface area contributed by atoms with Gasteiger partial charge in [-0.3, -0.25) is 9.40 Å². The zero-order chi connectivity index (χ0) is 19.4. The van der Waals surface area contributed by atoms with E-state index < -0.39 is 15.8 Å². The number of anilines is 3. The van der Waals surface area contributed by atoms with Crippen molar-refractivity contribution in [3.63, 3.8) is 0 Å². The van der Waals surface area contributed by atoms with Gasteiger partial charge in [-0.25, -0.2) is 18.4 Å². The molecule has 0 aliphatic carbocycles. The van der Waals surface area contributed by atoms with Crippen LogP contribution in [0.5, 0.6) is 0 Å². The summed E-state index contributed by atoms with van der Waals surface area (Å²) in [5.74, 6) is -0.161. The molecule has 3 aromatic rings. The van der Waals surface area contributed by atoms with Crippen molar-refractivity contribution < 1.29 is 8.42 Å². The Labute approximate surface area is 156 Å². The minimum atomic E-state index is -3.66. The zero-order valence-corrected chi connectivity index (χ0v) is 15.5. The normalized spacial score (nSPS) is 11.0. The highest BCUT2D eigenvalue weighted by Gasteiger charge is 2.11. The van der Waals surface area contributed by atoms with Gasteiger partial charge in [0.05, 0.1) is 23.6 Å². The number of nitrogens with one attached hydrogen (secondary N) is 2. The molecule has 0 aliphatic heterocycles. The first kappa shape index (κ1) is 18.3.